The number of amides is 4. The monoisotopic (exact) mass is 402 g/mol. The first-order chi connectivity index (χ1) is 13.7. The van der Waals surface area contributed by atoms with Crippen LogP contribution in [0.15, 0.2) is 0 Å². The smallest absolute Gasteiger partial charge is 0.325 e. The molecule has 2 aliphatic carbocycles. The Morgan fingerprint density at radius 2 is 1.83 bits per heavy atom. The molecule has 2 saturated carbocycles. The number of rotatable bonds is 5. The Balaban J connectivity index is 1.62. The molecule has 1 spiro atoms. The standard InChI is InChI=1S/C22H34N4O3/c1-4-20(2,3)16-8-12-22(13-9-16)18(28)26(19(29)25-22)14-17(27)24-21(15-23)10-6-5-7-11-21/h16H,4-14H2,1-3H3,(H,24,27)(H,25,29). The van der Waals surface area contributed by atoms with E-state index in [0.717, 1.165) is 43.4 Å². The molecule has 1 heterocycles. The number of hydrogen-bond acceptors (Lipinski definition) is 4. The van der Waals surface area contributed by atoms with Gasteiger partial charge in [-0.1, -0.05) is 46.5 Å². The fourth-order valence-electron chi connectivity index (χ4n) is 5.21. The van der Waals surface area contributed by atoms with E-state index >= 15 is 0 Å². The zero-order valence-corrected chi connectivity index (χ0v) is 18.0. The van der Waals surface area contributed by atoms with Gasteiger partial charge in [-0.15, -0.1) is 0 Å². The Morgan fingerprint density at radius 1 is 1.21 bits per heavy atom. The summed E-state index contributed by atoms with van der Waals surface area (Å²) in [7, 11) is 0. The predicted octanol–water partition coefficient (Wildman–Crippen LogP) is 3.25. The molecule has 7 heteroatoms. The predicted molar refractivity (Wildman–Crippen MR) is 109 cm³/mol. The van der Waals surface area contributed by atoms with Gasteiger partial charge in [-0.05, 0) is 49.9 Å². The average molecular weight is 403 g/mol. The molecule has 4 amide bonds. The molecular formula is C22H34N4O3. The van der Waals surface area contributed by atoms with Gasteiger partial charge < -0.3 is 10.6 Å². The maximum absolute atomic E-state index is 13.1. The Labute approximate surface area is 173 Å². The van der Waals surface area contributed by atoms with Crippen LogP contribution in [0.1, 0.15) is 85.0 Å². The maximum Gasteiger partial charge on any atom is 0.325 e. The first-order valence-electron chi connectivity index (χ1n) is 11.0. The second-order valence-corrected chi connectivity index (χ2v) is 9.82. The SMILES string of the molecule is CCC(C)(C)C1CCC2(CC1)NC(=O)N(CC(=O)NC1(C#N)CCCCC1)C2=O. The lowest BCUT2D eigenvalue weighted by molar-refractivity contribution is -0.136. The van der Waals surface area contributed by atoms with Crippen LogP contribution in [-0.4, -0.2) is 40.4 Å². The van der Waals surface area contributed by atoms with E-state index in [-0.39, 0.29) is 17.9 Å². The van der Waals surface area contributed by atoms with E-state index in [2.05, 4.69) is 37.5 Å². The maximum atomic E-state index is 13.1. The Morgan fingerprint density at radius 3 is 2.38 bits per heavy atom. The van der Waals surface area contributed by atoms with Gasteiger partial charge in [-0.25, -0.2) is 4.79 Å². The highest BCUT2D eigenvalue weighted by Crippen LogP contribution is 2.45. The molecule has 1 aliphatic heterocycles. The molecule has 0 aromatic heterocycles. The fourth-order valence-corrected chi connectivity index (χ4v) is 5.21. The molecule has 0 bridgehead atoms. The zero-order chi connectivity index (χ0) is 21.3. The summed E-state index contributed by atoms with van der Waals surface area (Å²) in [6.07, 6.45) is 8.20. The van der Waals surface area contributed by atoms with Crippen molar-refractivity contribution in [2.45, 2.75) is 96.1 Å². The van der Waals surface area contributed by atoms with Gasteiger partial charge >= 0.3 is 6.03 Å². The van der Waals surface area contributed by atoms with Crippen molar-refractivity contribution in [3.8, 4) is 6.07 Å². The van der Waals surface area contributed by atoms with E-state index in [1.165, 1.54) is 0 Å². The zero-order valence-electron chi connectivity index (χ0n) is 18.0. The Kier molecular flexibility index (Phi) is 5.93. The molecular weight excluding hydrogens is 368 g/mol. The molecule has 0 radical (unpaired) electrons. The van der Waals surface area contributed by atoms with Crippen molar-refractivity contribution in [2.24, 2.45) is 11.3 Å². The summed E-state index contributed by atoms with van der Waals surface area (Å²) in [6, 6.07) is 1.75. The molecule has 0 aromatic carbocycles. The van der Waals surface area contributed by atoms with Gasteiger partial charge in [0.1, 0.15) is 17.6 Å². The van der Waals surface area contributed by atoms with Gasteiger partial charge in [0.15, 0.2) is 0 Å². The van der Waals surface area contributed by atoms with Crippen LogP contribution in [0.5, 0.6) is 0 Å². The van der Waals surface area contributed by atoms with Gasteiger partial charge in [0.2, 0.25) is 5.91 Å². The topological polar surface area (TPSA) is 102 Å². The first kappa shape index (κ1) is 21.6. The fraction of sp³-hybridized carbons (Fsp3) is 0.818. The van der Waals surface area contributed by atoms with Crippen LogP contribution in [0.25, 0.3) is 0 Å². The number of nitriles is 1. The summed E-state index contributed by atoms with van der Waals surface area (Å²) in [4.78, 5) is 39.2. The first-order valence-corrected chi connectivity index (χ1v) is 11.0. The number of nitrogens with zero attached hydrogens (tertiary/aromatic N) is 2. The van der Waals surface area contributed by atoms with Gasteiger partial charge in [-0.3, -0.25) is 14.5 Å². The number of carbonyl (C=O) groups is 3. The van der Waals surface area contributed by atoms with Crippen LogP contribution in [0.2, 0.25) is 0 Å². The van der Waals surface area contributed by atoms with Crippen molar-refractivity contribution in [1.82, 2.24) is 15.5 Å². The number of nitrogens with one attached hydrogen (secondary N) is 2. The van der Waals surface area contributed by atoms with E-state index in [1.807, 2.05) is 0 Å². The lowest BCUT2D eigenvalue weighted by Gasteiger charge is -2.42. The molecule has 3 aliphatic rings. The summed E-state index contributed by atoms with van der Waals surface area (Å²) in [5.74, 6) is -0.197. The van der Waals surface area contributed by atoms with E-state index in [1.54, 1.807) is 0 Å². The normalized spacial score (nSPS) is 29.4. The van der Waals surface area contributed by atoms with Crippen molar-refractivity contribution in [1.29, 1.82) is 5.26 Å². The van der Waals surface area contributed by atoms with Crippen LogP contribution < -0.4 is 10.6 Å². The van der Waals surface area contributed by atoms with Gasteiger partial charge in [0.25, 0.3) is 5.91 Å². The van der Waals surface area contributed by atoms with Crippen molar-refractivity contribution < 1.29 is 14.4 Å². The van der Waals surface area contributed by atoms with Crippen molar-refractivity contribution >= 4 is 17.8 Å². The van der Waals surface area contributed by atoms with Gasteiger partial charge in [0.05, 0.1) is 6.07 Å². The molecule has 1 saturated heterocycles. The van der Waals surface area contributed by atoms with Crippen molar-refractivity contribution in [3.05, 3.63) is 0 Å². The minimum absolute atomic E-state index is 0.221. The van der Waals surface area contributed by atoms with E-state index in [9.17, 15) is 19.6 Å². The van der Waals surface area contributed by atoms with Crippen LogP contribution in [0.4, 0.5) is 4.79 Å². The summed E-state index contributed by atoms with van der Waals surface area (Å²) < 4.78 is 0. The molecule has 7 nitrogen and oxygen atoms in total. The minimum atomic E-state index is -0.866. The van der Waals surface area contributed by atoms with E-state index in [0.29, 0.717) is 31.6 Å². The molecule has 160 valence electrons. The van der Waals surface area contributed by atoms with Crippen molar-refractivity contribution in [2.75, 3.05) is 6.54 Å². The third-order valence-electron chi connectivity index (χ3n) is 7.70. The minimum Gasteiger partial charge on any atom is -0.336 e. The van der Waals surface area contributed by atoms with Gasteiger partial charge in [-0.2, -0.15) is 5.26 Å². The number of urea groups is 1. The number of imide groups is 1. The molecule has 3 fully saturated rings. The second-order valence-electron chi connectivity index (χ2n) is 9.82. The molecule has 0 atom stereocenters. The largest absolute Gasteiger partial charge is 0.336 e. The van der Waals surface area contributed by atoms with Gasteiger partial charge in [0, 0.05) is 0 Å². The van der Waals surface area contributed by atoms with Crippen molar-refractivity contribution in [3.63, 3.8) is 0 Å². The average Bonchev–Trinajstić information content (AvgIpc) is 2.93. The number of hydrogen-bond donors (Lipinski definition) is 2. The number of carbonyl (C=O) groups excluding carboxylic acids is 3. The Bertz CT molecular complexity index is 710. The summed E-state index contributed by atoms with van der Waals surface area (Å²) in [5, 5.41) is 15.2. The lowest BCUT2D eigenvalue weighted by atomic mass is 9.65. The summed E-state index contributed by atoms with van der Waals surface area (Å²) in [5.41, 5.74) is -1.51. The highest BCUT2D eigenvalue weighted by Gasteiger charge is 2.54. The third-order valence-corrected chi connectivity index (χ3v) is 7.70. The summed E-state index contributed by atoms with van der Waals surface area (Å²) in [6.45, 7) is 6.39. The third kappa shape index (κ3) is 4.12. The molecule has 0 unspecified atom stereocenters. The second kappa shape index (κ2) is 7.97. The summed E-state index contributed by atoms with van der Waals surface area (Å²) >= 11 is 0. The molecule has 3 rings (SSSR count). The molecule has 0 aromatic rings. The quantitative estimate of drug-likeness (QED) is 0.689. The highest BCUT2D eigenvalue weighted by atomic mass is 16.2. The molecule has 29 heavy (non-hydrogen) atoms. The van der Waals surface area contributed by atoms with E-state index in [4.69, 9.17) is 0 Å². The highest BCUT2D eigenvalue weighted by molar-refractivity contribution is 6.09. The Hall–Kier alpha value is -2.10. The van der Waals surface area contributed by atoms with Crippen LogP contribution in [0, 0.1) is 22.7 Å². The van der Waals surface area contributed by atoms with E-state index < -0.39 is 23.0 Å². The lowest BCUT2D eigenvalue weighted by Crippen LogP contribution is -2.53. The van der Waals surface area contributed by atoms with Crippen LogP contribution in [0.3, 0.4) is 0 Å². The van der Waals surface area contributed by atoms with Crippen LogP contribution in [-0.2, 0) is 9.59 Å². The molecule has 2 N–H and O–H groups in total. The van der Waals surface area contributed by atoms with Crippen LogP contribution >= 0.6 is 0 Å².